The molecule has 1 unspecified atom stereocenters. The van der Waals surface area contributed by atoms with E-state index in [0.29, 0.717) is 4.22 Å². The molecule has 0 aromatic carbocycles. The summed E-state index contributed by atoms with van der Waals surface area (Å²) in [6, 6.07) is 0. The third-order valence-corrected chi connectivity index (χ3v) is 2.30. The third-order valence-electron chi connectivity index (χ3n) is 1.42. The van der Waals surface area contributed by atoms with Crippen LogP contribution in [0.4, 0.5) is 0 Å². The number of rotatable bonds is 1. The molecular formula is C7H11Cl2Ti. The van der Waals surface area contributed by atoms with E-state index in [-0.39, 0.29) is 24.8 Å². The van der Waals surface area contributed by atoms with Gasteiger partial charge in [0, 0.05) is 0 Å². The Bertz CT molecular complexity index is 141. The van der Waals surface area contributed by atoms with Gasteiger partial charge in [0.1, 0.15) is 0 Å². The van der Waals surface area contributed by atoms with Crippen LogP contribution in [0.2, 0.25) is 4.22 Å². The molecule has 0 N–H and O–H groups in total. The van der Waals surface area contributed by atoms with Crippen LogP contribution in [-0.4, -0.2) is 0 Å². The normalized spacial score (nSPS) is 20.8. The van der Waals surface area contributed by atoms with Gasteiger partial charge in [-0.2, -0.15) is 0 Å². The van der Waals surface area contributed by atoms with Gasteiger partial charge in [0.15, 0.2) is 0 Å². The van der Waals surface area contributed by atoms with Crippen LogP contribution >= 0.6 is 24.8 Å². The Hall–Kier alpha value is 0.774. The van der Waals surface area contributed by atoms with Crippen molar-refractivity contribution in [3.05, 3.63) is 23.8 Å². The zero-order valence-electron chi connectivity index (χ0n) is 5.83. The predicted molar refractivity (Wildman–Crippen MR) is 45.8 cm³/mol. The SMILES string of the molecule is CCC1=CC=C[CH]1[Ti].Cl.Cl. The van der Waals surface area contributed by atoms with Crippen molar-refractivity contribution in [1.29, 1.82) is 0 Å². The number of hydrogen-bond donors (Lipinski definition) is 0. The Morgan fingerprint density at radius 3 is 2.30 bits per heavy atom. The van der Waals surface area contributed by atoms with Gasteiger partial charge in [-0.1, -0.05) is 0 Å². The molecule has 0 bridgehead atoms. The molecule has 57 valence electrons. The van der Waals surface area contributed by atoms with Gasteiger partial charge in [0.25, 0.3) is 0 Å². The summed E-state index contributed by atoms with van der Waals surface area (Å²) in [7, 11) is 0. The van der Waals surface area contributed by atoms with Gasteiger partial charge in [0.2, 0.25) is 0 Å². The molecule has 1 aliphatic carbocycles. The summed E-state index contributed by atoms with van der Waals surface area (Å²) in [5.74, 6) is 0. The maximum atomic E-state index is 2.23. The Morgan fingerprint density at radius 2 is 2.10 bits per heavy atom. The Labute approximate surface area is 86.4 Å². The maximum Gasteiger partial charge on any atom is -0.147 e. The van der Waals surface area contributed by atoms with Crippen molar-refractivity contribution in [3.8, 4) is 0 Å². The average Bonchev–Trinajstić information content (AvgIpc) is 2.14. The summed E-state index contributed by atoms with van der Waals surface area (Å²) in [6.45, 7) is 2.20. The molecule has 0 fully saturated rings. The van der Waals surface area contributed by atoms with E-state index in [1.165, 1.54) is 6.42 Å². The quantitative estimate of drug-likeness (QED) is 0.588. The topological polar surface area (TPSA) is 0 Å². The Kier molecular flexibility index (Phi) is 8.67. The Morgan fingerprint density at radius 1 is 1.50 bits per heavy atom. The molecule has 0 nitrogen and oxygen atoms in total. The molecule has 0 aromatic rings. The van der Waals surface area contributed by atoms with Crippen molar-refractivity contribution >= 4 is 24.8 Å². The fraction of sp³-hybridized carbons (Fsp3) is 0.429. The number of hydrogen-bond acceptors (Lipinski definition) is 0. The first-order valence-electron chi connectivity index (χ1n) is 2.93. The Balaban J connectivity index is 0. The van der Waals surface area contributed by atoms with E-state index in [1.54, 1.807) is 5.57 Å². The smallest absolute Gasteiger partial charge is 0.147 e. The van der Waals surface area contributed by atoms with Crippen LogP contribution in [0.25, 0.3) is 0 Å². The van der Waals surface area contributed by atoms with E-state index < -0.39 is 0 Å². The molecule has 0 aromatic heterocycles. The fourth-order valence-corrected chi connectivity index (χ4v) is 1.50. The monoisotopic (exact) mass is 213 g/mol. The second kappa shape index (κ2) is 6.48. The van der Waals surface area contributed by atoms with Gasteiger partial charge in [-0.15, -0.1) is 24.8 Å². The predicted octanol–water partition coefficient (Wildman–Crippen LogP) is 3.07. The van der Waals surface area contributed by atoms with Crippen molar-refractivity contribution in [2.45, 2.75) is 17.6 Å². The molecule has 0 aliphatic heterocycles. The van der Waals surface area contributed by atoms with E-state index >= 15 is 0 Å². The van der Waals surface area contributed by atoms with E-state index in [9.17, 15) is 0 Å². The zero-order valence-corrected chi connectivity index (χ0v) is 9.03. The maximum absolute atomic E-state index is 2.23. The number of allylic oxidation sites excluding steroid dienone is 4. The molecular weight excluding hydrogens is 203 g/mol. The summed E-state index contributed by atoms with van der Waals surface area (Å²) in [6.07, 6.45) is 7.79. The van der Waals surface area contributed by atoms with Crippen molar-refractivity contribution in [3.63, 3.8) is 0 Å². The molecule has 0 saturated carbocycles. The first-order valence-corrected chi connectivity index (χ1v) is 3.83. The first kappa shape index (κ1) is 13.4. The summed E-state index contributed by atoms with van der Waals surface area (Å²) in [5, 5.41) is 0. The van der Waals surface area contributed by atoms with Crippen molar-refractivity contribution in [1.82, 2.24) is 0 Å². The van der Waals surface area contributed by atoms with E-state index in [4.69, 9.17) is 0 Å². The first-order chi connectivity index (χ1) is 3.84. The standard InChI is InChI=1S/C7H9.2ClH.Ti/c1-2-7-5-3-4-6-7;;;/h3-6H,2H2,1H3;2*1H;. The number of halogens is 2. The molecule has 0 amide bonds. The zero-order chi connectivity index (χ0) is 5.98. The molecule has 0 heterocycles. The van der Waals surface area contributed by atoms with Gasteiger partial charge in [0.05, 0.1) is 0 Å². The van der Waals surface area contributed by atoms with Crippen LogP contribution in [0, 0.1) is 0 Å². The van der Waals surface area contributed by atoms with E-state index in [1.807, 2.05) is 0 Å². The summed E-state index contributed by atoms with van der Waals surface area (Å²) >= 11 is 2.23. The van der Waals surface area contributed by atoms with Crippen molar-refractivity contribution in [2.24, 2.45) is 0 Å². The minimum Gasteiger partial charge on any atom is -0.147 e. The summed E-state index contributed by atoms with van der Waals surface area (Å²) in [5.41, 5.74) is 1.56. The van der Waals surface area contributed by atoms with Gasteiger partial charge in [-0.3, -0.25) is 0 Å². The molecule has 3 heteroatoms. The minimum atomic E-state index is 0. The average molecular weight is 214 g/mol. The van der Waals surface area contributed by atoms with Gasteiger partial charge < -0.3 is 0 Å². The van der Waals surface area contributed by atoms with Crippen LogP contribution in [0.5, 0.6) is 0 Å². The molecule has 0 spiro atoms. The van der Waals surface area contributed by atoms with Crippen molar-refractivity contribution in [2.75, 3.05) is 0 Å². The van der Waals surface area contributed by atoms with Crippen LogP contribution in [0.3, 0.4) is 0 Å². The summed E-state index contributed by atoms with van der Waals surface area (Å²) < 4.78 is 0.708. The molecule has 0 radical (unpaired) electrons. The van der Waals surface area contributed by atoms with Gasteiger partial charge in [-0.25, -0.2) is 0 Å². The van der Waals surface area contributed by atoms with Gasteiger partial charge >= 0.3 is 61.8 Å². The van der Waals surface area contributed by atoms with Crippen LogP contribution < -0.4 is 0 Å². The second-order valence-corrected chi connectivity index (χ2v) is 2.93. The van der Waals surface area contributed by atoms with Crippen LogP contribution in [-0.2, 0) is 20.4 Å². The molecule has 10 heavy (non-hydrogen) atoms. The van der Waals surface area contributed by atoms with Crippen LogP contribution in [0.1, 0.15) is 13.3 Å². The van der Waals surface area contributed by atoms with Crippen LogP contribution in [0.15, 0.2) is 23.8 Å². The summed E-state index contributed by atoms with van der Waals surface area (Å²) in [4.78, 5) is 0. The van der Waals surface area contributed by atoms with Crippen molar-refractivity contribution < 1.29 is 20.4 Å². The van der Waals surface area contributed by atoms with E-state index in [2.05, 4.69) is 45.6 Å². The molecule has 1 atom stereocenters. The third kappa shape index (κ3) is 3.25. The largest absolute Gasteiger partial charge is 0.147 e. The molecule has 0 saturated heterocycles. The van der Waals surface area contributed by atoms with Gasteiger partial charge in [-0.05, 0) is 0 Å². The fourth-order valence-electron chi connectivity index (χ4n) is 0.855. The molecule has 1 aliphatic rings. The second-order valence-electron chi connectivity index (χ2n) is 1.96. The minimum absolute atomic E-state index is 0. The van der Waals surface area contributed by atoms with E-state index in [0.717, 1.165) is 0 Å². The molecule has 1 rings (SSSR count).